The van der Waals surface area contributed by atoms with Crippen molar-refractivity contribution in [2.24, 2.45) is 5.92 Å². The van der Waals surface area contributed by atoms with E-state index in [4.69, 9.17) is 4.74 Å². The zero-order chi connectivity index (χ0) is 12.1. The summed E-state index contributed by atoms with van der Waals surface area (Å²) in [7, 11) is 0. The Hall–Kier alpha value is -0.0900. The number of hydrogen-bond donors (Lipinski definition) is 0. The zero-order valence-corrected chi connectivity index (χ0v) is 12.7. The zero-order valence-electron chi connectivity index (χ0n) is 10.5. The molecule has 0 unspecified atom stereocenters. The van der Waals surface area contributed by atoms with E-state index in [1.807, 2.05) is 0 Å². The van der Waals surface area contributed by atoms with Gasteiger partial charge in [-0.05, 0) is 37.2 Å². The maximum absolute atomic E-state index is 6.25. The van der Waals surface area contributed by atoms with Crippen LogP contribution in [-0.2, 0) is 11.3 Å². The number of halogens is 1. The first-order chi connectivity index (χ1) is 8.24. The molecule has 1 aliphatic rings. The van der Waals surface area contributed by atoms with Crippen molar-refractivity contribution in [3.8, 4) is 0 Å². The summed E-state index contributed by atoms with van der Waals surface area (Å²) in [6, 6.07) is 10.5. The van der Waals surface area contributed by atoms with Crippen molar-refractivity contribution in [3.05, 3.63) is 35.9 Å². The minimum Gasteiger partial charge on any atom is -0.370 e. The minimum atomic E-state index is 0.142. The van der Waals surface area contributed by atoms with Gasteiger partial charge in [0.25, 0.3) is 0 Å². The molecule has 0 radical (unpaired) electrons. The van der Waals surface area contributed by atoms with Crippen LogP contribution in [0.3, 0.4) is 0 Å². The van der Waals surface area contributed by atoms with Crippen LogP contribution in [0.5, 0.6) is 0 Å². The second-order valence-electron chi connectivity index (χ2n) is 5.27. The monoisotopic (exact) mass is 344 g/mol. The summed E-state index contributed by atoms with van der Waals surface area (Å²) >= 11 is 2.48. The Balaban J connectivity index is 1.91. The predicted octanol–water partition coefficient (Wildman–Crippen LogP) is 4.59. The molecule has 1 aromatic carbocycles. The third-order valence-electron chi connectivity index (χ3n) is 3.82. The highest BCUT2D eigenvalue weighted by Crippen LogP contribution is 2.36. The molecule has 2 rings (SSSR count). The first-order valence-electron chi connectivity index (χ1n) is 6.48. The molecule has 0 aliphatic heterocycles. The van der Waals surface area contributed by atoms with Crippen molar-refractivity contribution in [2.45, 2.75) is 44.8 Å². The van der Waals surface area contributed by atoms with Crippen LogP contribution in [0.4, 0.5) is 0 Å². The largest absolute Gasteiger partial charge is 0.370 e. The van der Waals surface area contributed by atoms with E-state index >= 15 is 0 Å². The van der Waals surface area contributed by atoms with Crippen molar-refractivity contribution in [2.75, 3.05) is 4.43 Å². The predicted molar refractivity (Wildman–Crippen MR) is 80.5 cm³/mol. The SMILES string of the molecule is CC1CCC(CI)(OCc2ccccc2)CC1. The Kier molecular flexibility index (Phi) is 4.86. The van der Waals surface area contributed by atoms with Gasteiger partial charge in [-0.15, -0.1) is 0 Å². The highest BCUT2D eigenvalue weighted by molar-refractivity contribution is 14.1. The molecule has 0 amide bonds. The Morgan fingerprint density at radius 1 is 1.24 bits per heavy atom. The van der Waals surface area contributed by atoms with Gasteiger partial charge >= 0.3 is 0 Å². The lowest BCUT2D eigenvalue weighted by atomic mass is 9.80. The van der Waals surface area contributed by atoms with E-state index in [-0.39, 0.29) is 5.60 Å². The van der Waals surface area contributed by atoms with Gasteiger partial charge in [0, 0.05) is 4.43 Å². The van der Waals surface area contributed by atoms with Crippen molar-refractivity contribution in [1.29, 1.82) is 0 Å². The molecule has 0 atom stereocenters. The van der Waals surface area contributed by atoms with Crippen LogP contribution in [-0.4, -0.2) is 10.0 Å². The number of alkyl halides is 1. The van der Waals surface area contributed by atoms with Gasteiger partial charge in [-0.1, -0.05) is 59.8 Å². The molecule has 0 heterocycles. The summed E-state index contributed by atoms with van der Waals surface area (Å²) < 4.78 is 7.36. The van der Waals surface area contributed by atoms with Gasteiger partial charge in [0.15, 0.2) is 0 Å². The average Bonchev–Trinajstić information content (AvgIpc) is 2.40. The number of rotatable bonds is 4. The molecule has 0 bridgehead atoms. The molecule has 1 saturated carbocycles. The van der Waals surface area contributed by atoms with E-state index in [1.54, 1.807) is 0 Å². The summed E-state index contributed by atoms with van der Waals surface area (Å²) in [6.07, 6.45) is 5.09. The maximum Gasteiger partial charge on any atom is 0.0776 e. The van der Waals surface area contributed by atoms with Crippen LogP contribution in [0.15, 0.2) is 30.3 Å². The lowest BCUT2D eigenvalue weighted by Crippen LogP contribution is -2.38. The Labute approximate surface area is 118 Å². The fourth-order valence-electron chi connectivity index (χ4n) is 2.42. The van der Waals surface area contributed by atoms with Crippen LogP contribution in [0.1, 0.15) is 38.2 Å². The van der Waals surface area contributed by atoms with E-state index in [0.29, 0.717) is 0 Å². The van der Waals surface area contributed by atoms with Gasteiger partial charge in [0.1, 0.15) is 0 Å². The Bertz CT molecular complexity index is 328. The molecule has 94 valence electrons. The van der Waals surface area contributed by atoms with Gasteiger partial charge in [-0.25, -0.2) is 0 Å². The van der Waals surface area contributed by atoms with E-state index in [1.165, 1.54) is 31.2 Å². The quantitative estimate of drug-likeness (QED) is 0.574. The van der Waals surface area contributed by atoms with Gasteiger partial charge in [0.05, 0.1) is 12.2 Å². The van der Waals surface area contributed by atoms with Crippen LogP contribution >= 0.6 is 22.6 Å². The normalized spacial score (nSPS) is 29.2. The van der Waals surface area contributed by atoms with Crippen molar-refractivity contribution < 1.29 is 4.74 Å². The summed E-state index contributed by atoms with van der Waals surface area (Å²) in [6.45, 7) is 3.12. The Morgan fingerprint density at radius 3 is 2.47 bits per heavy atom. The number of benzene rings is 1. The average molecular weight is 344 g/mol. The molecular weight excluding hydrogens is 323 g/mol. The maximum atomic E-state index is 6.25. The Morgan fingerprint density at radius 2 is 1.88 bits per heavy atom. The van der Waals surface area contributed by atoms with E-state index in [0.717, 1.165) is 17.0 Å². The number of hydrogen-bond acceptors (Lipinski definition) is 1. The summed E-state index contributed by atoms with van der Waals surface area (Å²) in [5.74, 6) is 0.881. The standard InChI is InChI=1S/C15H21IO/c1-13-7-9-15(12-16,10-8-13)17-11-14-5-3-2-4-6-14/h2-6,13H,7-12H2,1H3. The lowest BCUT2D eigenvalue weighted by Gasteiger charge is -2.38. The fraction of sp³-hybridized carbons (Fsp3) is 0.600. The molecule has 1 aliphatic carbocycles. The third kappa shape index (κ3) is 3.68. The van der Waals surface area contributed by atoms with Crippen molar-refractivity contribution >= 4 is 22.6 Å². The molecule has 0 N–H and O–H groups in total. The highest BCUT2D eigenvalue weighted by atomic mass is 127. The molecule has 0 aromatic heterocycles. The molecule has 17 heavy (non-hydrogen) atoms. The summed E-state index contributed by atoms with van der Waals surface area (Å²) in [4.78, 5) is 0. The molecule has 2 heteroatoms. The van der Waals surface area contributed by atoms with Crippen LogP contribution in [0.2, 0.25) is 0 Å². The second-order valence-corrected chi connectivity index (χ2v) is 6.04. The van der Waals surface area contributed by atoms with Crippen LogP contribution in [0.25, 0.3) is 0 Å². The lowest BCUT2D eigenvalue weighted by molar-refractivity contribution is -0.0675. The highest BCUT2D eigenvalue weighted by Gasteiger charge is 2.33. The third-order valence-corrected chi connectivity index (χ3v) is 5.21. The van der Waals surface area contributed by atoms with Crippen molar-refractivity contribution in [1.82, 2.24) is 0 Å². The molecule has 0 saturated heterocycles. The fourth-order valence-corrected chi connectivity index (χ4v) is 3.40. The molecule has 1 fully saturated rings. The second kappa shape index (κ2) is 6.19. The van der Waals surface area contributed by atoms with Gasteiger partial charge < -0.3 is 4.74 Å². The van der Waals surface area contributed by atoms with Gasteiger partial charge in [0.2, 0.25) is 0 Å². The number of ether oxygens (including phenoxy) is 1. The van der Waals surface area contributed by atoms with Crippen molar-refractivity contribution in [3.63, 3.8) is 0 Å². The molecule has 0 spiro atoms. The first-order valence-corrected chi connectivity index (χ1v) is 8.00. The first kappa shape index (κ1) is 13.3. The molecular formula is C15H21IO. The minimum absolute atomic E-state index is 0.142. The smallest absolute Gasteiger partial charge is 0.0776 e. The van der Waals surface area contributed by atoms with E-state index in [2.05, 4.69) is 59.8 Å². The topological polar surface area (TPSA) is 9.23 Å². The van der Waals surface area contributed by atoms with E-state index in [9.17, 15) is 0 Å². The van der Waals surface area contributed by atoms with E-state index < -0.39 is 0 Å². The van der Waals surface area contributed by atoms with Gasteiger partial charge in [-0.2, -0.15) is 0 Å². The molecule has 1 aromatic rings. The molecule has 1 nitrogen and oxygen atoms in total. The summed E-state index contributed by atoms with van der Waals surface area (Å²) in [5, 5.41) is 0. The van der Waals surface area contributed by atoms with Crippen LogP contribution in [0, 0.1) is 5.92 Å². The summed E-state index contributed by atoms with van der Waals surface area (Å²) in [5.41, 5.74) is 1.43. The van der Waals surface area contributed by atoms with Gasteiger partial charge in [-0.3, -0.25) is 0 Å². The van der Waals surface area contributed by atoms with Crippen LogP contribution < -0.4 is 0 Å².